The first-order chi connectivity index (χ1) is 15.5. The molecule has 2 aliphatic heterocycles. The largest absolute Gasteiger partial charge is 0.497 e. The third-order valence-electron chi connectivity index (χ3n) is 5.91. The molecule has 166 valence electrons. The number of piperazine rings is 1. The van der Waals surface area contributed by atoms with Crippen LogP contribution in [0.2, 0.25) is 0 Å². The van der Waals surface area contributed by atoms with Crippen LogP contribution in [0, 0.1) is 0 Å². The highest BCUT2D eigenvalue weighted by Crippen LogP contribution is 2.22. The molecule has 0 aliphatic carbocycles. The molecule has 7 nitrogen and oxygen atoms in total. The van der Waals surface area contributed by atoms with Crippen LogP contribution in [0.5, 0.6) is 5.75 Å². The van der Waals surface area contributed by atoms with E-state index in [-0.39, 0.29) is 17.7 Å². The van der Waals surface area contributed by atoms with Crippen LogP contribution in [0.1, 0.15) is 28.8 Å². The number of carbonyl (C=O) groups is 3. The predicted molar refractivity (Wildman–Crippen MR) is 123 cm³/mol. The van der Waals surface area contributed by atoms with Crippen LogP contribution < -0.4 is 9.64 Å². The fourth-order valence-electron chi connectivity index (χ4n) is 4.01. The van der Waals surface area contributed by atoms with Crippen molar-refractivity contribution in [3.8, 4) is 5.75 Å². The molecule has 0 saturated carbocycles. The minimum Gasteiger partial charge on any atom is -0.497 e. The molecule has 3 amide bonds. The van der Waals surface area contributed by atoms with Crippen LogP contribution in [-0.4, -0.2) is 67.4 Å². The van der Waals surface area contributed by atoms with E-state index < -0.39 is 0 Å². The number of hydrogen-bond acceptors (Lipinski definition) is 4. The first-order valence-electron chi connectivity index (χ1n) is 10.9. The number of amides is 3. The molecule has 0 atom stereocenters. The Morgan fingerprint density at radius 3 is 2.12 bits per heavy atom. The Kier molecular flexibility index (Phi) is 6.54. The summed E-state index contributed by atoms with van der Waals surface area (Å²) >= 11 is 0. The van der Waals surface area contributed by atoms with Crippen molar-refractivity contribution in [1.82, 2.24) is 9.80 Å². The van der Waals surface area contributed by atoms with E-state index in [1.165, 1.54) is 0 Å². The minimum atomic E-state index is -0.0691. The maximum Gasteiger partial charge on any atom is 0.253 e. The third kappa shape index (κ3) is 4.82. The van der Waals surface area contributed by atoms with Gasteiger partial charge in [-0.05, 0) is 54.5 Å². The number of anilines is 1. The van der Waals surface area contributed by atoms with Crippen molar-refractivity contribution in [2.75, 3.05) is 44.7 Å². The van der Waals surface area contributed by atoms with Crippen molar-refractivity contribution in [2.24, 2.45) is 0 Å². The zero-order valence-electron chi connectivity index (χ0n) is 18.2. The Balaban J connectivity index is 1.29. The summed E-state index contributed by atoms with van der Waals surface area (Å²) in [5, 5.41) is 0. The van der Waals surface area contributed by atoms with E-state index in [0.717, 1.165) is 24.2 Å². The van der Waals surface area contributed by atoms with Gasteiger partial charge in [0.25, 0.3) is 5.91 Å². The van der Waals surface area contributed by atoms with Gasteiger partial charge in [-0.2, -0.15) is 0 Å². The van der Waals surface area contributed by atoms with Gasteiger partial charge in [0.2, 0.25) is 11.8 Å². The van der Waals surface area contributed by atoms with Crippen molar-refractivity contribution < 1.29 is 19.1 Å². The summed E-state index contributed by atoms with van der Waals surface area (Å²) in [6, 6.07) is 14.7. The lowest BCUT2D eigenvalue weighted by molar-refractivity contribution is -0.127. The molecule has 2 fully saturated rings. The van der Waals surface area contributed by atoms with E-state index in [4.69, 9.17) is 4.74 Å². The summed E-state index contributed by atoms with van der Waals surface area (Å²) in [7, 11) is 1.59. The zero-order valence-corrected chi connectivity index (χ0v) is 18.2. The van der Waals surface area contributed by atoms with Gasteiger partial charge in [-0.3, -0.25) is 14.4 Å². The van der Waals surface area contributed by atoms with E-state index in [1.807, 2.05) is 24.3 Å². The Labute approximate surface area is 187 Å². The number of benzene rings is 2. The lowest BCUT2D eigenvalue weighted by Gasteiger charge is -2.34. The van der Waals surface area contributed by atoms with Crippen LogP contribution in [0.25, 0.3) is 6.08 Å². The highest BCUT2D eigenvalue weighted by Gasteiger charge is 2.24. The lowest BCUT2D eigenvalue weighted by Crippen LogP contribution is -2.50. The van der Waals surface area contributed by atoms with Gasteiger partial charge in [-0.15, -0.1) is 0 Å². The quantitative estimate of drug-likeness (QED) is 0.680. The standard InChI is InChI=1S/C25H27N3O4/c1-32-22-11-7-20(8-12-22)25(31)27-17-15-26(16-18-27)23(29)13-6-19-4-9-21(10-5-19)28-14-2-3-24(28)30/h4-13H,2-3,14-18H2,1H3/b13-6+. The maximum absolute atomic E-state index is 12.7. The number of rotatable bonds is 5. The average Bonchev–Trinajstić information content (AvgIpc) is 3.28. The molecule has 7 heteroatoms. The second kappa shape index (κ2) is 9.68. The summed E-state index contributed by atoms with van der Waals surface area (Å²) in [5.41, 5.74) is 2.42. The molecule has 2 saturated heterocycles. The Morgan fingerprint density at radius 1 is 0.875 bits per heavy atom. The van der Waals surface area contributed by atoms with Crippen LogP contribution in [0.15, 0.2) is 54.6 Å². The average molecular weight is 434 g/mol. The molecule has 0 radical (unpaired) electrons. The first kappa shape index (κ1) is 21.6. The van der Waals surface area contributed by atoms with Gasteiger partial charge in [-0.1, -0.05) is 12.1 Å². The molecule has 0 aromatic heterocycles. The number of hydrogen-bond donors (Lipinski definition) is 0. The summed E-state index contributed by atoms with van der Waals surface area (Å²) in [5.74, 6) is 0.767. The van der Waals surface area contributed by atoms with Crippen molar-refractivity contribution in [3.05, 3.63) is 65.7 Å². The molecule has 2 aromatic carbocycles. The fraction of sp³-hybridized carbons (Fsp3) is 0.320. The fourth-order valence-corrected chi connectivity index (χ4v) is 4.01. The Hall–Kier alpha value is -3.61. The minimum absolute atomic E-state index is 0.0353. The van der Waals surface area contributed by atoms with Crippen LogP contribution in [-0.2, 0) is 9.59 Å². The van der Waals surface area contributed by atoms with Crippen molar-refractivity contribution in [1.29, 1.82) is 0 Å². The van der Waals surface area contributed by atoms with E-state index >= 15 is 0 Å². The van der Waals surface area contributed by atoms with Crippen LogP contribution in [0.3, 0.4) is 0 Å². The molecule has 2 aliphatic rings. The van der Waals surface area contributed by atoms with E-state index in [2.05, 4.69) is 0 Å². The van der Waals surface area contributed by atoms with Gasteiger partial charge in [0.1, 0.15) is 5.75 Å². The van der Waals surface area contributed by atoms with Gasteiger partial charge in [0.15, 0.2) is 0 Å². The van der Waals surface area contributed by atoms with Gasteiger partial charge >= 0.3 is 0 Å². The van der Waals surface area contributed by atoms with Gasteiger partial charge in [0, 0.05) is 56.5 Å². The second-order valence-electron chi connectivity index (χ2n) is 7.92. The molecule has 2 heterocycles. The molecule has 0 unspecified atom stereocenters. The molecule has 2 aromatic rings. The summed E-state index contributed by atoms with van der Waals surface area (Å²) in [4.78, 5) is 42.4. The van der Waals surface area contributed by atoms with Crippen molar-refractivity contribution >= 4 is 29.5 Å². The molecule has 32 heavy (non-hydrogen) atoms. The molecular formula is C25H27N3O4. The molecule has 0 N–H and O–H groups in total. The SMILES string of the molecule is COc1ccc(C(=O)N2CCN(C(=O)/C=C/c3ccc(N4CCCC4=O)cc3)CC2)cc1. The number of ether oxygens (including phenoxy) is 1. The molecule has 0 spiro atoms. The Bertz CT molecular complexity index is 1010. The summed E-state index contributed by atoms with van der Waals surface area (Å²) in [6.07, 6.45) is 4.85. The van der Waals surface area contributed by atoms with E-state index in [0.29, 0.717) is 43.9 Å². The zero-order chi connectivity index (χ0) is 22.5. The van der Waals surface area contributed by atoms with E-state index in [9.17, 15) is 14.4 Å². The number of methoxy groups -OCH3 is 1. The van der Waals surface area contributed by atoms with Crippen LogP contribution in [0.4, 0.5) is 5.69 Å². The monoisotopic (exact) mass is 433 g/mol. The molecule has 0 bridgehead atoms. The second-order valence-corrected chi connectivity index (χ2v) is 7.92. The van der Waals surface area contributed by atoms with Gasteiger partial charge < -0.3 is 19.4 Å². The first-order valence-corrected chi connectivity index (χ1v) is 10.9. The Morgan fingerprint density at radius 2 is 1.53 bits per heavy atom. The van der Waals surface area contributed by atoms with Crippen LogP contribution >= 0.6 is 0 Å². The number of carbonyl (C=O) groups excluding carboxylic acids is 3. The summed E-state index contributed by atoms with van der Waals surface area (Å²) in [6.45, 7) is 2.77. The normalized spacial score (nSPS) is 16.7. The predicted octanol–water partition coefficient (Wildman–Crippen LogP) is 2.82. The molecule has 4 rings (SSSR count). The van der Waals surface area contributed by atoms with Crippen molar-refractivity contribution in [3.63, 3.8) is 0 Å². The summed E-state index contributed by atoms with van der Waals surface area (Å²) < 4.78 is 5.13. The van der Waals surface area contributed by atoms with E-state index in [1.54, 1.807) is 58.2 Å². The lowest BCUT2D eigenvalue weighted by atomic mass is 10.1. The maximum atomic E-state index is 12.7. The topological polar surface area (TPSA) is 70.2 Å². The smallest absolute Gasteiger partial charge is 0.253 e. The third-order valence-corrected chi connectivity index (χ3v) is 5.91. The van der Waals surface area contributed by atoms with Crippen molar-refractivity contribution in [2.45, 2.75) is 12.8 Å². The van der Waals surface area contributed by atoms with Gasteiger partial charge in [-0.25, -0.2) is 0 Å². The highest BCUT2D eigenvalue weighted by atomic mass is 16.5. The molecular weight excluding hydrogens is 406 g/mol. The number of nitrogens with zero attached hydrogens (tertiary/aromatic N) is 3. The highest BCUT2D eigenvalue weighted by molar-refractivity contribution is 5.96. The van der Waals surface area contributed by atoms with Gasteiger partial charge in [0.05, 0.1) is 7.11 Å².